The number of hydrogen-bond acceptors (Lipinski definition) is 4. The lowest BCUT2D eigenvalue weighted by Crippen LogP contribution is -2.30. The van der Waals surface area contributed by atoms with Crippen molar-refractivity contribution >= 4 is 33.2 Å². The minimum absolute atomic E-state index is 0.0750. The lowest BCUT2D eigenvalue weighted by Gasteiger charge is -2.21. The van der Waals surface area contributed by atoms with Crippen molar-refractivity contribution in [2.45, 2.75) is 24.8 Å². The van der Waals surface area contributed by atoms with E-state index in [9.17, 15) is 13.2 Å². The number of rotatable bonds is 5. The molecule has 6 nitrogen and oxygen atoms in total. The number of aryl methyl sites for hydroxylation is 1. The van der Waals surface area contributed by atoms with Gasteiger partial charge in [-0.2, -0.15) is 0 Å². The summed E-state index contributed by atoms with van der Waals surface area (Å²) in [4.78, 5) is 14.3. The first kappa shape index (κ1) is 20.5. The molecule has 8 heteroatoms. The third-order valence-electron chi connectivity index (χ3n) is 5.13. The van der Waals surface area contributed by atoms with Crippen molar-refractivity contribution in [3.63, 3.8) is 0 Å². The van der Waals surface area contributed by atoms with Gasteiger partial charge in [-0.25, -0.2) is 8.42 Å². The van der Waals surface area contributed by atoms with Gasteiger partial charge in [0.2, 0.25) is 0 Å². The monoisotopic (exact) mass is 444 g/mol. The number of carbonyl (C=O) groups excluding carboxylic acids is 1. The zero-order valence-electron chi connectivity index (χ0n) is 16.6. The van der Waals surface area contributed by atoms with Crippen molar-refractivity contribution in [1.29, 1.82) is 0 Å². The third kappa shape index (κ3) is 3.70. The summed E-state index contributed by atoms with van der Waals surface area (Å²) in [5.41, 5.74) is 1.87. The first-order chi connectivity index (χ1) is 14.3. The maximum absolute atomic E-state index is 13.4. The van der Waals surface area contributed by atoms with Crippen molar-refractivity contribution in [1.82, 2.24) is 4.90 Å². The molecule has 4 rings (SSSR count). The van der Waals surface area contributed by atoms with Crippen LogP contribution in [-0.4, -0.2) is 32.8 Å². The Morgan fingerprint density at radius 3 is 2.67 bits per heavy atom. The summed E-state index contributed by atoms with van der Waals surface area (Å²) in [6, 6.07) is 15.4. The molecule has 2 aromatic carbocycles. The molecule has 0 aliphatic carbocycles. The van der Waals surface area contributed by atoms with E-state index < -0.39 is 10.0 Å². The number of sulfonamides is 1. The van der Waals surface area contributed by atoms with Crippen LogP contribution in [0.5, 0.6) is 0 Å². The van der Waals surface area contributed by atoms with Crippen molar-refractivity contribution in [2.24, 2.45) is 0 Å². The molecule has 3 aromatic rings. The van der Waals surface area contributed by atoms with E-state index >= 15 is 0 Å². The average molecular weight is 445 g/mol. The van der Waals surface area contributed by atoms with Crippen LogP contribution in [0.15, 0.2) is 63.9 Å². The van der Waals surface area contributed by atoms with Gasteiger partial charge < -0.3 is 9.32 Å². The van der Waals surface area contributed by atoms with Crippen LogP contribution in [0.1, 0.15) is 27.4 Å². The Bertz CT molecular complexity index is 1220. The number of hydrogen-bond donors (Lipinski definition) is 0. The predicted molar refractivity (Wildman–Crippen MR) is 115 cm³/mol. The van der Waals surface area contributed by atoms with Crippen molar-refractivity contribution in [2.75, 3.05) is 17.9 Å². The molecular formula is C22H21ClN2O4S. The van der Waals surface area contributed by atoms with Gasteiger partial charge in [0.15, 0.2) is 0 Å². The van der Waals surface area contributed by atoms with Crippen LogP contribution in [0.4, 0.5) is 5.69 Å². The van der Waals surface area contributed by atoms with E-state index in [0.717, 1.165) is 11.3 Å². The van der Waals surface area contributed by atoms with Gasteiger partial charge in [-0.3, -0.25) is 9.10 Å². The number of benzene rings is 2. The molecule has 0 radical (unpaired) electrons. The highest BCUT2D eigenvalue weighted by molar-refractivity contribution is 7.93. The Kier molecular flexibility index (Phi) is 5.34. The fourth-order valence-corrected chi connectivity index (χ4v) is 5.61. The fraction of sp³-hybridized carbons (Fsp3) is 0.227. The molecule has 1 aliphatic heterocycles. The van der Waals surface area contributed by atoms with Crippen LogP contribution >= 0.6 is 11.6 Å². The van der Waals surface area contributed by atoms with E-state index in [-0.39, 0.29) is 27.9 Å². The molecule has 0 spiro atoms. The van der Waals surface area contributed by atoms with Gasteiger partial charge in [0.05, 0.1) is 17.3 Å². The van der Waals surface area contributed by atoms with Gasteiger partial charge in [-0.15, -0.1) is 0 Å². The van der Waals surface area contributed by atoms with Crippen LogP contribution in [0.3, 0.4) is 0 Å². The number of nitrogens with zero attached hydrogens (tertiary/aromatic N) is 2. The van der Waals surface area contributed by atoms with Crippen molar-refractivity contribution < 1.29 is 17.6 Å². The summed E-state index contributed by atoms with van der Waals surface area (Å²) in [6.07, 6.45) is 0.636. The molecule has 0 atom stereocenters. The maximum Gasteiger partial charge on any atom is 0.265 e. The van der Waals surface area contributed by atoms with Gasteiger partial charge in [0.1, 0.15) is 16.4 Å². The zero-order valence-corrected chi connectivity index (χ0v) is 18.2. The Balaban J connectivity index is 1.64. The van der Waals surface area contributed by atoms with Gasteiger partial charge in [0.25, 0.3) is 15.9 Å². The normalized spacial score (nSPS) is 13.4. The summed E-state index contributed by atoms with van der Waals surface area (Å²) in [7, 11) is -2.27. The highest BCUT2D eigenvalue weighted by Gasteiger charge is 2.32. The minimum Gasteiger partial charge on any atom is -0.464 e. The molecule has 156 valence electrons. The summed E-state index contributed by atoms with van der Waals surface area (Å²) in [5.74, 6) is 1.09. The van der Waals surface area contributed by atoms with Crippen LogP contribution in [0.2, 0.25) is 5.02 Å². The second-order valence-corrected chi connectivity index (χ2v) is 9.51. The smallest absolute Gasteiger partial charge is 0.265 e. The highest BCUT2D eigenvalue weighted by Crippen LogP contribution is 2.35. The molecule has 1 amide bonds. The number of amides is 1. The molecule has 0 unspecified atom stereocenters. The fourth-order valence-electron chi connectivity index (χ4n) is 3.61. The molecule has 0 saturated heterocycles. The zero-order chi connectivity index (χ0) is 21.5. The third-order valence-corrected chi connectivity index (χ3v) is 7.42. The molecule has 0 N–H and O–H groups in total. The molecule has 1 aliphatic rings. The SMILES string of the molecule is Cc1ccc(CN(C)C(=O)c2ccc(Cl)c(S(=O)(=O)N3CCc4ccccc43)c2)o1. The Labute approximate surface area is 180 Å². The molecule has 2 heterocycles. The Morgan fingerprint density at radius 2 is 1.93 bits per heavy atom. The Hall–Kier alpha value is -2.77. The Morgan fingerprint density at radius 1 is 1.17 bits per heavy atom. The molecule has 30 heavy (non-hydrogen) atoms. The standard InChI is InChI=1S/C22H21ClN2O4S/c1-15-7-9-18(29-15)14-24(2)22(26)17-8-10-19(23)21(13-17)30(27,28)25-12-11-16-5-3-4-6-20(16)25/h3-10,13H,11-12,14H2,1-2H3. The molecule has 0 saturated carbocycles. The van der Waals surface area contributed by atoms with Gasteiger partial charge in [-0.05, 0) is 55.3 Å². The van der Waals surface area contributed by atoms with E-state index in [2.05, 4.69) is 0 Å². The maximum atomic E-state index is 13.4. The molecular weight excluding hydrogens is 424 g/mol. The van der Waals surface area contributed by atoms with Crippen LogP contribution in [-0.2, 0) is 23.0 Å². The van der Waals surface area contributed by atoms with Gasteiger partial charge in [-0.1, -0.05) is 29.8 Å². The van der Waals surface area contributed by atoms with Crippen LogP contribution < -0.4 is 4.31 Å². The van der Waals surface area contributed by atoms with Crippen molar-refractivity contribution in [3.8, 4) is 0 Å². The number of fused-ring (bicyclic) bond motifs is 1. The largest absolute Gasteiger partial charge is 0.464 e. The summed E-state index contributed by atoms with van der Waals surface area (Å²) < 4.78 is 33.6. The lowest BCUT2D eigenvalue weighted by atomic mass is 10.2. The number of furan rings is 1. The predicted octanol–water partition coefficient (Wildman–Crippen LogP) is 4.27. The average Bonchev–Trinajstić information content (AvgIpc) is 3.34. The number of carbonyl (C=O) groups is 1. The summed E-state index contributed by atoms with van der Waals surface area (Å²) in [6.45, 7) is 2.45. The number of halogens is 1. The highest BCUT2D eigenvalue weighted by atomic mass is 35.5. The lowest BCUT2D eigenvalue weighted by molar-refractivity contribution is 0.0774. The van der Waals surface area contributed by atoms with E-state index in [4.69, 9.17) is 16.0 Å². The molecule has 0 bridgehead atoms. The second-order valence-electron chi connectivity index (χ2n) is 7.27. The first-order valence-corrected chi connectivity index (χ1v) is 11.3. The van der Waals surface area contributed by atoms with Gasteiger partial charge in [0, 0.05) is 19.2 Å². The first-order valence-electron chi connectivity index (χ1n) is 9.48. The van der Waals surface area contributed by atoms with Crippen LogP contribution in [0, 0.1) is 6.92 Å². The quantitative estimate of drug-likeness (QED) is 0.589. The van der Waals surface area contributed by atoms with E-state index in [1.54, 1.807) is 19.2 Å². The summed E-state index contributed by atoms with van der Waals surface area (Å²) in [5, 5.41) is 0.0836. The molecule has 1 aromatic heterocycles. The number of para-hydroxylation sites is 1. The van der Waals surface area contributed by atoms with Gasteiger partial charge >= 0.3 is 0 Å². The van der Waals surface area contributed by atoms with Crippen LogP contribution in [0.25, 0.3) is 0 Å². The second kappa shape index (κ2) is 7.81. The van der Waals surface area contributed by atoms with Crippen molar-refractivity contribution in [3.05, 3.63) is 82.3 Å². The number of anilines is 1. The molecule has 0 fully saturated rings. The van der Waals surface area contributed by atoms with E-state index in [1.807, 2.05) is 31.2 Å². The topological polar surface area (TPSA) is 70.8 Å². The minimum atomic E-state index is -3.91. The summed E-state index contributed by atoms with van der Waals surface area (Å²) >= 11 is 6.26. The van der Waals surface area contributed by atoms with E-state index in [1.165, 1.54) is 27.4 Å². The van der Waals surface area contributed by atoms with E-state index in [0.29, 0.717) is 24.4 Å².